The molecule has 0 saturated heterocycles. The standard InChI is InChI=1S/C41H29S2.ClHO4/c1-6-16-30(17-7-1)37-26-35(27-38(42-37)31-18-8-2-9-19-31)41(34-24-14-5-15-25-34)36-28-39(32-20-10-3-11-21-32)43-40(29-36)33-22-12-4-13-23-33;2-1(3,4)5/h1-29H;(H,2,3,4,5)/q+1;/p-1. The minimum Gasteiger partial charge on any atom is -0.222 e. The number of hydrogen-bond acceptors (Lipinski definition) is 5. The van der Waals surface area contributed by atoms with Gasteiger partial charge in [-0.15, -0.1) is 10.2 Å². The van der Waals surface area contributed by atoms with E-state index >= 15 is 0 Å². The summed E-state index contributed by atoms with van der Waals surface area (Å²) in [6, 6.07) is 58.5. The monoisotopic (exact) mass is 684 g/mol. The highest BCUT2D eigenvalue weighted by Gasteiger charge is 2.23. The van der Waals surface area contributed by atoms with Crippen LogP contribution in [0.25, 0.3) is 36.3 Å². The predicted octanol–water partition coefficient (Wildman–Crippen LogP) is 7.24. The molecule has 48 heavy (non-hydrogen) atoms. The maximum absolute atomic E-state index is 8.49. The van der Waals surface area contributed by atoms with Gasteiger partial charge in [0.05, 0.1) is 0 Å². The molecule has 4 nitrogen and oxygen atoms in total. The van der Waals surface area contributed by atoms with Crippen LogP contribution in [0.5, 0.6) is 0 Å². The summed E-state index contributed by atoms with van der Waals surface area (Å²) in [5.74, 6) is 0. The van der Waals surface area contributed by atoms with E-state index in [0.29, 0.717) is 0 Å². The summed E-state index contributed by atoms with van der Waals surface area (Å²) in [5.41, 5.74) is 9.74. The number of halogens is 1. The molecule has 0 spiro atoms. The predicted molar refractivity (Wildman–Crippen MR) is 188 cm³/mol. The lowest BCUT2D eigenvalue weighted by atomic mass is 9.91. The normalized spacial score (nSPS) is 12.7. The molecular formula is C41H29ClO4S2. The molecular weight excluding hydrogens is 656 g/mol. The van der Waals surface area contributed by atoms with E-state index in [9.17, 15) is 0 Å². The largest absolute Gasteiger partial charge is 0.239 e. The lowest BCUT2D eigenvalue weighted by molar-refractivity contribution is -2.00. The van der Waals surface area contributed by atoms with Gasteiger partial charge in [-0.25, -0.2) is 18.6 Å². The van der Waals surface area contributed by atoms with E-state index in [1.54, 1.807) is 0 Å². The number of benzene rings is 5. The fraction of sp³-hybridized carbons (Fsp3) is 0. The Labute approximate surface area is 290 Å². The van der Waals surface area contributed by atoms with Crippen LogP contribution in [0, 0.1) is 10.2 Å². The molecule has 1 aliphatic rings. The molecule has 6 aromatic rings. The molecule has 1 aliphatic heterocycles. The zero-order valence-corrected chi connectivity index (χ0v) is 28.0. The Morgan fingerprint density at radius 3 is 1.15 bits per heavy atom. The molecule has 0 saturated carbocycles. The highest BCUT2D eigenvalue weighted by atomic mass is 35.7. The van der Waals surface area contributed by atoms with Gasteiger partial charge in [0.25, 0.3) is 0 Å². The molecule has 0 N–H and O–H groups in total. The molecule has 0 radical (unpaired) electrons. The van der Waals surface area contributed by atoms with Crippen LogP contribution in [0.4, 0.5) is 0 Å². The van der Waals surface area contributed by atoms with Crippen molar-refractivity contribution in [2.24, 2.45) is 0 Å². The summed E-state index contributed by atoms with van der Waals surface area (Å²) >= 11 is 3.68. The van der Waals surface area contributed by atoms with Gasteiger partial charge in [-0.05, 0) is 69.8 Å². The molecule has 0 fully saturated rings. The SMILES string of the molecule is C1=C(c2ccccc2)SC(c2ccccc2)=CC1=C(c1ccccc1)c1cc(-c2ccccc2)[s+]c(-c2ccccc2)c1.[O-][Cl+3]([O-])([O-])[O-]. The van der Waals surface area contributed by atoms with Crippen LogP contribution >= 0.6 is 23.1 Å². The van der Waals surface area contributed by atoms with Gasteiger partial charge >= 0.3 is 0 Å². The van der Waals surface area contributed by atoms with Gasteiger partial charge in [0, 0.05) is 33.1 Å². The molecule has 7 heteroatoms. The summed E-state index contributed by atoms with van der Waals surface area (Å²) in [5, 5.41) is 0. The second-order valence-corrected chi connectivity index (χ2v) is 13.7. The summed E-state index contributed by atoms with van der Waals surface area (Å²) in [6.07, 6.45) is 4.74. The van der Waals surface area contributed by atoms with Crippen molar-refractivity contribution in [3.05, 3.63) is 204 Å². The van der Waals surface area contributed by atoms with Crippen LogP contribution < -0.4 is 18.6 Å². The Hall–Kier alpha value is -4.63. The van der Waals surface area contributed by atoms with Crippen LogP contribution in [-0.2, 0) is 0 Å². The molecule has 7 rings (SSSR count). The van der Waals surface area contributed by atoms with Gasteiger partial charge < -0.3 is 0 Å². The molecule has 0 aliphatic carbocycles. The van der Waals surface area contributed by atoms with E-state index in [-0.39, 0.29) is 0 Å². The van der Waals surface area contributed by atoms with Crippen molar-refractivity contribution >= 4 is 38.5 Å². The number of hydrogen-bond donors (Lipinski definition) is 0. The average Bonchev–Trinajstić information content (AvgIpc) is 3.13. The summed E-state index contributed by atoms with van der Waals surface area (Å²) < 4.78 is 34.0. The number of allylic oxidation sites excluding steroid dienone is 3. The molecule has 0 atom stereocenters. The summed E-state index contributed by atoms with van der Waals surface area (Å²) in [6.45, 7) is 0. The Morgan fingerprint density at radius 1 is 0.438 bits per heavy atom. The third-order valence-electron chi connectivity index (χ3n) is 7.46. The number of rotatable bonds is 6. The van der Waals surface area contributed by atoms with Gasteiger partial charge in [0.15, 0.2) is 0 Å². The molecule has 5 aromatic carbocycles. The van der Waals surface area contributed by atoms with Crippen LogP contribution in [0.15, 0.2) is 182 Å². The van der Waals surface area contributed by atoms with Crippen molar-refractivity contribution in [2.45, 2.75) is 0 Å². The third-order valence-corrected chi connectivity index (χ3v) is 9.75. The van der Waals surface area contributed by atoms with E-state index in [1.807, 2.05) is 23.1 Å². The van der Waals surface area contributed by atoms with Gasteiger partial charge in [0.2, 0.25) is 21.1 Å². The van der Waals surface area contributed by atoms with E-state index in [1.165, 1.54) is 64.1 Å². The van der Waals surface area contributed by atoms with E-state index in [2.05, 4.69) is 176 Å². The van der Waals surface area contributed by atoms with Gasteiger partial charge in [-0.3, -0.25) is 0 Å². The minimum absolute atomic E-state index is 1.20. The molecule has 0 bridgehead atoms. The maximum Gasteiger partial charge on any atom is 0.239 e. The zero-order valence-electron chi connectivity index (χ0n) is 25.6. The van der Waals surface area contributed by atoms with Crippen molar-refractivity contribution < 1.29 is 28.9 Å². The lowest BCUT2D eigenvalue weighted by Crippen LogP contribution is -2.68. The topological polar surface area (TPSA) is 92.2 Å². The van der Waals surface area contributed by atoms with Crippen molar-refractivity contribution in [3.63, 3.8) is 0 Å². The fourth-order valence-electron chi connectivity index (χ4n) is 5.38. The van der Waals surface area contributed by atoms with Crippen LogP contribution in [-0.4, -0.2) is 0 Å². The first-order chi connectivity index (χ1) is 23.3. The second kappa shape index (κ2) is 15.5. The van der Waals surface area contributed by atoms with Gasteiger partial charge in [-0.2, -0.15) is 0 Å². The fourth-order valence-corrected chi connectivity index (χ4v) is 7.61. The van der Waals surface area contributed by atoms with Crippen molar-refractivity contribution in [3.8, 4) is 20.9 Å². The highest BCUT2D eigenvalue weighted by Crippen LogP contribution is 2.47. The van der Waals surface area contributed by atoms with Crippen molar-refractivity contribution in [1.82, 2.24) is 0 Å². The second-order valence-electron chi connectivity index (χ2n) is 10.7. The van der Waals surface area contributed by atoms with E-state index < -0.39 is 10.2 Å². The van der Waals surface area contributed by atoms with Crippen LogP contribution in [0.3, 0.4) is 0 Å². The van der Waals surface area contributed by atoms with E-state index in [4.69, 9.17) is 18.6 Å². The summed E-state index contributed by atoms with van der Waals surface area (Å²) in [7, 11) is -4.94. The van der Waals surface area contributed by atoms with Gasteiger partial charge in [0.1, 0.15) is 0 Å². The first-order valence-corrected chi connectivity index (χ1v) is 17.9. The summed E-state index contributed by atoms with van der Waals surface area (Å²) in [4.78, 5) is 4.98. The zero-order chi connectivity index (χ0) is 33.3. The van der Waals surface area contributed by atoms with Crippen LogP contribution in [0.1, 0.15) is 22.3 Å². The first-order valence-electron chi connectivity index (χ1n) is 15.0. The highest BCUT2D eigenvalue weighted by molar-refractivity contribution is 8.16. The molecule has 0 unspecified atom stereocenters. The first kappa shape index (κ1) is 33.3. The number of thioether (sulfide) groups is 1. The lowest BCUT2D eigenvalue weighted by Gasteiger charge is -2.20. The third kappa shape index (κ3) is 8.83. The molecule has 236 valence electrons. The molecule has 0 amide bonds. The molecule has 1 aromatic heterocycles. The molecule has 2 heterocycles. The average molecular weight is 685 g/mol. The minimum atomic E-state index is -4.94. The smallest absolute Gasteiger partial charge is 0.222 e. The Kier molecular flexibility index (Phi) is 10.8. The quantitative estimate of drug-likeness (QED) is 0.173. The van der Waals surface area contributed by atoms with E-state index in [0.717, 1.165) is 0 Å². The Morgan fingerprint density at radius 2 is 0.771 bits per heavy atom. The Bertz CT molecular complexity index is 1940. The van der Waals surface area contributed by atoms with Crippen molar-refractivity contribution in [2.75, 3.05) is 0 Å². The van der Waals surface area contributed by atoms with Crippen LogP contribution in [0.2, 0.25) is 0 Å². The van der Waals surface area contributed by atoms with Crippen molar-refractivity contribution in [1.29, 1.82) is 0 Å². The maximum atomic E-state index is 8.49. The van der Waals surface area contributed by atoms with Gasteiger partial charge in [-0.1, -0.05) is 139 Å². The Balaban J connectivity index is 0.000000749.